The number of carbonyl (C=O) groups excluding carboxylic acids is 1. The highest BCUT2D eigenvalue weighted by molar-refractivity contribution is 5.75. The SMILES string of the molecule is CC[C@H](NC(=O)N1CCC[C@H]1Cn1ccnc1)c1c(C)noc1C. The maximum Gasteiger partial charge on any atom is 0.318 e. The summed E-state index contributed by atoms with van der Waals surface area (Å²) in [4.78, 5) is 18.8. The van der Waals surface area contributed by atoms with Crippen molar-refractivity contribution in [3.63, 3.8) is 0 Å². The number of hydrogen-bond acceptors (Lipinski definition) is 4. The summed E-state index contributed by atoms with van der Waals surface area (Å²) in [6.07, 6.45) is 8.36. The molecule has 1 fully saturated rings. The first-order valence-corrected chi connectivity index (χ1v) is 8.55. The van der Waals surface area contributed by atoms with Crippen molar-refractivity contribution in [2.75, 3.05) is 6.54 Å². The predicted molar refractivity (Wildman–Crippen MR) is 89.5 cm³/mol. The van der Waals surface area contributed by atoms with Crippen LogP contribution in [-0.2, 0) is 6.54 Å². The van der Waals surface area contributed by atoms with E-state index in [1.54, 1.807) is 12.5 Å². The number of urea groups is 1. The largest absolute Gasteiger partial charge is 0.361 e. The van der Waals surface area contributed by atoms with Crippen molar-refractivity contribution in [2.45, 2.75) is 58.7 Å². The molecule has 0 unspecified atom stereocenters. The average molecular weight is 331 g/mol. The van der Waals surface area contributed by atoms with Crippen LogP contribution in [0, 0.1) is 13.8 Å². The lowest BCUT2D eigenvalue weighted by atomic mass is 10.0. The molecule has 7 nitrogen and oxygen atoms in total. The van der Waals surface area contributed by atoms with Gasteiger partial charge in [0.25, 0.3) is 0 Å². The smallest absolute Gasteiger partial charge is 0.318 e. The van der Waals surface area contributed by atoms with E-state index in [1.807, 2.05) is 29.5 Å². The van der Waals surface area contributed by atoms with Crippen molar-refractivity contribution < 1.29 is 9.32 Å². The Hall–Kier alpha value is -2.31. The number of aryl methyl sites for hydroxylation is 2. The van der Waals surface area contributed by atoms with Gasteiger partial charge in [-0.1, -0.05) is 12.1 Å². The number of nitrogens with one attached hydrogen (secondary N) is 1. The summed E-state index contributed by atoms with van der Waals surface area (Å²) in [7, 11) is 0. The number of likely N-dealkylation sites (tertiary alicyclic amines) is 1. The molecule has 2 aromatic rings. The molecule has 0 aromatic carbocycles. The monoisotopic (exact) mass is 331 g/mol. The first kappa shape index (κ1) is 16.5. The van der Waals surface area contributed by atoms with Gasteiger partial charge >= 0.3 is 6.03 Å². The minimum atomic E-state index is -0.0711. The first-order valence-electron chi connectivity index (χ1n) is 8.55. The number of rotatable bonds is 5. The van der Waals surface area contributed by atoms with Crippen LogP contribution in [-0.4, -0.2) is 38.2 Å². The molecule has 2 atom stereocenters. The second-order valence-corrected chi connectivity index (χ2v) is 6.40. The van der Waals surface area contributed by atoms with Crippen molar-refractivity contribution in [1.82, 2.24) is 24.9 Å². The van der Waals surface area contributed by atoms with E-state index in [1.165, 1.54) is 0 Å². The van der Waals surface area contributed by atoms with Crippen molar-refractivity contribution in [2.24, 2.45) is 0 Å². The third-order valence-corrected chi connectivity index (χ3v) is 4.76. The summed E-state index contributed by atoms with van der Waals surface area (Å²) in [6.45, 7) is 7.45. The molecule has 7 heteroatoms. The van der Waals surface area contributed by atoms with E-state index < -0.39 is 0 Å². The van der Waals surface area contributed by atoms with Gasteiger partial charge in [-0.25, -0.2) is 9.78 Å². The highest BCUT2D eigenvalue weighted by Crippen LogP contribution is 2.25. The quantitative estimate of drug-likeness (QED) is 0.914. The van der Waals surface area contributed by atoms with E-state index in [-0.39, 0.29) is 18.1 Å². The molecule has 0 saturated carbocycles. The van der Waals surface area contributed by atoms with Crippen molar-refractivity contribution >= 4 is 6.03 Å². The van der Waals surface area contributed by atoms with Crippen LogP contribution < -0.4 is 5.32 Å². The Labute approximate surface area is 142 Å². The van der Waals surface area contributed by atoms with E-state index >= 15 is 0 Å². The van der Waals surface area contributed by atoms with Gasteiger partial charge in [-0.15, -0.1) is 0 Å². The van der Waals surface area contributed by atoms with Crippen LogP contribution in [0.1, 0.15) is 49.2 Å². The molecule has 3 rings (SSSR count). The van der Waals surface area contributed by atoms with Crippen LogP contribution in [0.15, 0.2) is 23.2 Å². The number of imidazole rings is 1. The van der Waals surface area contributed by atoms with Crippen LogP contribution in [0.5, 0.6) is 0 Å². The van der Waals surface area contributed by atoms with Crippen LogP contribution >= 0.6 is 0 Å². The number of aromatic nitrogens is 3. The number of hydrogen-bond donors (Lipinski definition) is 1. The predicted octanol–water partition coefficient (Wildman–Crippen LogP) is 2.81. The third-order valence-electron chi connectivity index (χ3n) is 4.76. The van der Waals surface area contributed by atoms with Gasteiger partial charge in [0.05, 0.1) is 24.1 Å². The summed E-state index contributed by atoms with van der Waals surface area (Å²) >= 11 is 0. The van der Waals surface area contributed by atoms with E-state index in [0.717, 1.165) is 49.4 Å². The normalized spacial score (nSPS) is 18.8. The molecule has 0 spiro atoms. The van der Waals surface area contributed by atoms with Gasteiger partial charge < -0.3 is 19.3 Å². The van der Waals surface area contributed by atoms with E-state index in [4.69, 9.17) is 4.52 Å². The zero-order chi connectivity index (χ0) is 17.1. The fourth-order valence-corrected chi connectivity index (χ4v) is 3.53. The lowest BCUT2D eigenvalue weighted by Crippen LogP contribution is -2.45. The standard InChI is InChI=1S/C17H25N5O2/c1-4-15(16-12(2)20-24-13(16)3)19-17(23)22-8-5-6-14(22)10-21-9-7-18-11-21/h7,9,11,14-15H,4-6,8,10H2,1-3H3,(H,19,23)/t14-,15-/m0/s1. The van der Waals surface area contributed by atoms with Gasteiger partial charge in [-0.3, -0.25) is 0 Å². The molecule has 0 aliphatic carbocycles. The molecule has 0 bridgehead atoms. The fraction of sp³-hybridized carbons (Fsp3) is 0.588. The number of carbonyl (C=O) groups is 1. The highest BCUT2D eigenvalue weighted by atomic mass is 16.5. The second kappa shape index (κ2) is 7.07. The molecule has 1 N–H and O–H groups in total. The number of nitrogens with zero attached hydrogens (tertiary/aromatic N) is 4. The summed E-state index contributed by atoms with van der Waals surface area (Å²) in [6, 6.07) is 0.129. The molecule has 130 valence electrons. The van der Waals surface area contributed by atoms with Crippen LogP contribution in [0.3, 0.4) is 0 Å². The molecule has 1 aliphatic heterocycles. The van der Waals surface area contributed by atoms with Crippen molar-refractivity contribution in [3.05, 3.63) is 35.7 Å². The minimum absolute atomic E-state index is 0.00975. The van der Waals surface area contributed by atoms with Crippen LogP contribution in [0.25, 0.3) is 0 Å². The molecule has 2 amide bonds. The van der Waals surface area contributed by atoms with Gasteiger partial charge in [0.1, 0.15) is 5.76 Å². The average Bonchev–Trinajstić information content (AvgIpc) is 3.29. The Kier molecular flexibility index (Phi) is 4.87. The lowest BCUT2D eigenvalue weighted by molar-refractivity contribution is 0.183. The summed E-state index contributed by atoms with van der Waals surface area (Å²) in [5.41, 5.74) is 1.84. The molecular weight excluding hydrogens is 306 g/mol. The Bertz CT molecular complexity index is 660. The van der Waals surface area contributed by atoms with Gasteiger partial charge in [0, 0.05) is 31.0 Å². The van der Waals surface area contributed by atoms with E-state index in [9.17, 15) is 4.79 Å². The lowest BCUT2D eigenvalue weighted by Gasteiger charge is -2.28. The summed E-state index contributed by atoms with van der Waals surface area (Å²) in [5.74, 6) is 0.774. The Morgan fingerprint density at radius 3 is 2.96 bits per heavy atom. The fourth-order valence-electron chi connectivity index (χ4n) is 3.53. The highest BCUT2D eigenvalue weighted by Gasteiger charge is 2.31. The molecule has 0 radical (unpaired) electrons. The maximum absolute atomic E-state index is 12.8. The van der Waals surface area contributed by atoms with Gasteiger partial charge in [0.15, 0.2) is 0 Å². The van der Waals surface area contributed by atoms with E-state index in [2.05, 4.69) is 22.4 Å². The zero-order valence-corrected chi connectivity index (χ0v) is 14.5. The van der Waals surface area contributed by atoms with Gasteiger partial charge in [-0.05, 0) is 33.1 Å². The second-order valence-electron chi connectivity index (χ2n) is 6.40. The Morgan fingerprint density at radius 1 is 1.50 bits per heavy atom. The van der Waals surface area contributed by atoms with Gasteiger partial charge in [0.2, 0.25) is 0 Å². The van der Waals surface area contributed by atoms with Crippen LogP contribution in [0.4, 0.5) is 4.79 Å². The molecule has 3 heterocycles. The molecular formula is C17H25N5O2. The van der Waals surface area contributed by atoms with E-state index in [0.29, 0.717) is 0 Å². The number of amides is 2. The third kappa shape index (κ3) is 3.29. The van der Waals surface area contributed by atoms with Crippen molar-refractivity contribution in [3.8, 4) is 0 Å². The maximum atomic E-state index is 12.8. The Morgan fingerprint density at radius 2 is 2.33 bits per heavy atom. The topological polar surface area (TPSA) is 76.2 Å². The first-order chi connectivity index (χ1) is 11.6. The zero-order valence-electron chi connectivity index (χ0n) is 14.5. The summed E-state index contributed by atoms with van der Waals surface area (Å²) in [5, 5.41) is 7.17. The molecule has 2 aromatic heterocycles. The molecule has 1 aliphatic rings. The Balaban J connectivity index is 1.68. The molecule has 24 heavy (non-hydrogen) atoms. The minimum Gasteiger partial charge on any atom is -0.361 e. The van der Waals surface area contributed by atoms with Crippen molar-refractivity contribution in [1.29, 1.82) is 0 Å². The molecule has 1 saturated heterocycles. The van der Waals surface area contributed by atoms with Crippen LogP contribution in [0.2, 0.25) is 0 Å². The van der Waals surface area contributed by atoms with Gasteiger partial charge in [-0.2, -0.15) is 0 Å². The summed E-state index contributed by atoms with van der Waals surface area (Å²) < 4.78 is 7.28.